The van der Waals surface area contributed by atoms with Crippen molar-refractivity contribution in [2.75, 3.05) is 13.2 Å². The highest BCUT2D eigenvalue weighted by Crippen LogP contribution is 2.27. The number of carbonyl (C=O) groups is 2. The molecule has 0 aromatic heterocycles. The summed E-state index contributed by atoms with van der Waals surface area (Å²) in [6.07, 6.45) is -0.880. The lowest BCUT2D eigenvalue weighted by Crippen LogP contribution is -2.35. The minimum Gasteiger partial charge on any atom is -0.465 e. The monoisotopic (exact) mass is 558 g/mol. The molecule has 0 aliphatic carbocycles. The minimum absolute atomic E-state index is 0.0792. The lowest BCUT2D eigenvalue weighted by atomic mass is 9.92. The van der Waals surface area contributed by atoms with Crippen molar-refractivity contribution in [3.05, 3.63) is 144 Å². The van der Waals surface area contributed by atoms with E-state index in [1.807, 2.05) is 121 Å². The number of esters is 2. The van der Waals surface area contributed by atoms with Crippen molar-refractivity contribution in [2.24, 2.45) is 0 Å². The molecule has 4 aromatic rings. The molecule has 206 valence electrons. The van der Waals surface area contributed by atoms with Crippen LogP contribution in [0.4, 0.5) is 0 Å². The Hall–Kier alpha value is -4.27. The molecule has 4 rings (SSSR count). The molecule has 0 saturated heterocycles. The summed E-state index contributed by atoms with van der Waals surface area (Å²) < 4.78 is 44.8. The molecule has 0 aliphatic heterocycles. The highest BCUT2D eigenvalue weighted by molar-refractivity contribution is 7.87. The third-order valence-electron chi connectivity index (χ3n) is 6.59. The van der Waals surface area contributed by atoms with E-state index in [0.717, 1.165) is 22.3 Å². The van der Waals surface area contributed by atoms with Crippen LogP contribution in [0.3, 0.4) is 0 Å². The molecule has 0 radical (unpaired) electrons. The van der Waals surface area contributed by atoms with E-state index in [-0.39, 0.29) is 25.0 Å². The SMILES string of the molecule is O=C(CC(C(=O)OCC(c1ccccc1)c1ccccc1)S(=O)(=O)O)OCC(c1ccccc1)c1ccccc1. The van der Waals surface area contributed by atoms with Crippen LogP contribution in [0, 0.1) is 0 Å². The summed E-state index contributed by atoms with van der Waals surface area (Å²) in [5.74, 6) is -2.85. The van der Waals surface area contributed by atoms with Crippen LogP contribution in [0.25, 0.3) is 0 Å². The van der Waals surface area contributed by atoms with Crippen molar-refractivity contribution in [1.29, 1.82) is 0 Å². The Bertz CT molecular complexity index is 1400. The summed E-state index contributed by atoms with van der Waals surface area (Å²) in [6, 6.07) is 37.5. The molecule has 0 amide bonds. The van der Waals surface area contributed by atoms with E-state index in [0.29, 0.717) is 0 Å². The molecule has 7 nitrogen and oxygen atoms in total. The van der Waals surface area contributed by atoms with E-state index < -0.39 is 33.7 Å². The molecule has 0 aliphatic rings. The fraction of sp³-hybridized carbons (Fsp3) is 0.188. The number of benzene rings is 4. The summed E-state index contributed by atoms with van der Waals surface area (Å²) in [7, 11) is -4.95. The second kappa shape index (κ2) is 13.7. The fourth-order valence-corrected chi connectivity index (χ4v) is 5.12. The van der Waals surface area contributed by atoms with Gasteiger partial charge in [0.05, 0.1) is 6.42 Å². The van der Waals surface area contributed by atoms with Crippen molar-refractivity contribution in [1.82, 2.24) is 0 Å². The first-order valence-corrected chi connectivity index (χ1v) is 14.3. The van der Waals surface area contributed by atoms with Gasteiger partial charge in [0.15, 0.2) is 5.25 Å². The van der Waals surface area contributed by atoms with Crippen LogP contribution in [0.2, 0.25) is 0 Å². The van der Waals surface area contributed by atoms with Crippen LogP contribution in [0.1, 0.15) is 40.5 Å². The Kier molecular flexibility index (Phi) is 9.83. The van der Waals surface area contributed by atoms with Gasteiger partial charge >= 0.3 is 11.9 Å². The Morgan fingerprint density at radius 1 is 0.575 bits per heavy atom. The van der Waals surface area contributed by atoms with Gasteiger partial charge in [-0.3, -0.25) is 14.1 Å². The molecule has 1 N–H and O–H groups in total. The van der Waals surface area contributed by atoms with E-state index in [1.54, 1.807) is 0 Å². The minimum atomic E-state index is -4.95. The predicted molar refractivity (Wildman–Crippen MR) is 151 cm³/mol. The van der Waals surface area contributed by atoms with Gasteiger partial charge in [-0.1, -0.05) is 121 Å². The zero-order chi connectivity index (χ0) is 28.4. The number of rotatable bonds is 12. The third kappa shape index (κ3) is 7.88. The quantitative estimate of drug-likeness (QED) is 0.184. The van der Waals surface area contributed by atoms with Crippen LogP contribution in [-0.4, -0.2) is 43.4 Å². The molecular formula is C32H30O7S. The fourth-order valence-electron chi connectivity index (χ4n) is 4.47. The van der Waals surface area contributed by atoms with Crippen LogP contribution in [0.5, 0.6) is 0 Å². The van der Waals surface area contributed by atoms with Crippen LogP contribution in [0.15, 0.2) is 121 Å². The first-order valence-electron chi connectivity index (χ1n) is 12.8. The molecule has 1 atom stereocenters. The highest BCUT2D eigenvalue weighted by Gasteiger charge is 2.36. The van der Waals surface area contributed by atoms with Crippen molar-refractivity contribution in [2.45, 2.75) is 23.5 Å². The van der Waals surface area contributed by atoms with Crippen molar-refractivity contribution in [3.8, 4) is 0 Å². The summed E-state index contributed by atoms with van der Waals surface area (Å²) in [5.41, 5.74) is 3.52. The van der Waals surface area contributed by atoms with E-state index in [1.165, 1.54) is 0 Å². The lowest BCUT2D eigenvalue weighted by Gasteiger charge is -2.21. The molecule has 40 heavy (non-hydrogen) atoms. The Morgan fingerprint density at radius 3 is 1.23 bits per heavy atom. The molecule has 1 unspecified atom stereocenters. The number of ether oxygens (including phenoxy) is 2. The first-order chi connectivity index (χ1) is 19.3. The van der Waals surface area contributed by atoms with E-state index in [9.17, 15) is 22.6 Å². The maximum atomic E-state index is 12.9. The highest BCUT2D eigenvalue weighted by atomic mass is 32.2. The molecule has 0 fully saturated rings. The van der Waals surface area contributed by atoms with Gasteiger partial charge in [-0.25, -0.2) is 0 Å². The smallest absolute Gasteiger partial charge is 0.327 e. The van der Waals surface area contributed by atoms with Crippen LogP contribution < -0.4 is 0 Å². The van der Waals surface area contributed by atoms with Crippen molar-refractivity contribution >= 4 is 22.1 Å². The van der Waals surface area contributed by atoms with Gasteiger partial charge in [0.1, 0.15) is 13.2 Å². The van der Waals surface area contributed by atoms with Gasteiger partial charge < -0.3 is 9.47 Å². The zero-order valence-electron chi connectivity index (χ0n) is 21.7. The third-order valence-corrected chi connectivity index (χ3v) is 7.66. The number of hydrogen-bond acceptors (Lipinski definition) is 6. The summed E-state index contributed by atoms with van der Waals surface area (Å²) in [4.78, 5) is 25.7. The molecule has 0 bridgehead atoms. The molecule has 0 heterocycles. The molecule has 4 aromatic carbocycles. The average Bonchev–Trinajstić information content (AvgIpc) is 2.98. The normalized spacial score (nSPS) is 12.2. The Morgan fingerprint density at radius 2 is 0.900 bits per heavy atom. The topological polar surface area (TPSA) is 107 Å². The summed E-state index contributed by atoms with van der Waals surface area (Å²) >= 11 is 0. The van der Waals surface area contributed by atoms with E-state index >= 15 is 0 Å². The summed E-state index contributed by atoms with van der Waals surface area (Å²) in [6.45, 7) is -0.262. The Labute approximate surface area is 234 Å². The van der Waals surface area contributed by atoms with Gasteiger partial charge in [-0.15, -0.1) is 0 Å². The van der Waals surface area contributed by atoms with Crippen molar-refractivity contribution < 1.29 is 32.0 Å². The second-order valence-corrected chi connectivity index (χ2v) is 10.9. The van der Waals surface area contributed by atoms with Gasteiger partial charge in [-0.2, -0.15) is 8.42 Å². The Balaban J connectivity index is 1.44. The van der Waals surface area contributed by atoms with E-state index in [4.69, 9.17) is 9.47 Å². The van der Waals surface area contributed by atoms with Crippen LogP contribution >= 0.6 is 0 Å². The first kappa shape index (κ1) is 28.7. The summed E-state index contributed by atoms with van der Waals surface area (Å²) in [5, 5.41) is -2.11. The maximum Gasteiger partial charge on any atom is 0.327 e. The molecule has 0 saturated carbocycles. The standard InChI is InChI=1S/C32H30O7S/c33-31(38-22-28(24-13-5-1-6-14-24)25-15-7-2-8-16-25)21-30(40(35,36)37)32(34)39-23-29(26-17-9-3-10-18-26)27-19-11-4-12-20-27/h1-20,28-30H,21-23H2,(H,35,36,37). The van der Waals surface area contributed by atoms with Gasteiger partial charge in [0.25, 0.3) is 10.1 Å². The maximum absolute atomic E-state index is 12.9. The molecular weight excluding hydrogens is 528 g/mol. The number of carbonyl (C=O) groups excluding carboxylic acids is 2. The van der Waals surface area contributed by atoms with Crippen LogP contribution in [-0.2, 0) is 29.2 Å². The molecule has 0 spiro atoms. The predicted octanol–water partition coefficient (Wildman–Crippen LogP) is 5.38. The van der Waals surface area contributed by atoms with Gasteiger partial charge in [0, 0.05) is 11.8 Å². The lowest BCUT2D eigenvalue weighted by molar-refractivity contribution is -0.150. The van der Waals surface area contributed by atoms with Gasteiger partial charge in [-0.05, 0) is 22.3 Å². The largest absolute Gasteiger partial charge is 0.465 e. The van der Waals surface area contributed by atoms with Crippen molar-refractivity contribution in [3.63, 3.8) is 0 Å². The molecule has 8 heteroatoms. The van der Waals surface area contributed by atoms with E-state index in [2.05, 4.69) is 0 Å². The average molecular weight is 559 g/mol. The second-order valence-electron chi connectivity index (χ2n) is 9.27. The number of hydrogen-bond donors (Lipinski definition) is 1. The zero-order valence-corrected chi connectivity index (χ0v) is 22.5. The van der Waals surface area contributed by atoms with Gasteiger partial charge in [0.2, 0.25) is 0 Å².